The maximum absolute atomic E-state index is 12.0. The molecule has 2 saturated heterocycles. The molecule has 0 N–H and O–H groups in total. The molecule has 13 nitrogen and oxygen atoms in total. The number of thioether (sulfide) groups is 1. The molecule has 16 heteroatoms. The topological polar surface area (TPSA) is 127 Å². The minimum atomic E-state index is -0.401. The van der Waals surface area contributed by atoms with Gasteiger partial charge in [0, 0.05) is 126 Å². The largest absolute Gasteiger partial charge is 0.462 e. The lowest BCUT2D eigenvalue weighted by Gasteiger charge is -2.33. The average molecular weight is 703 g/mol. The van der Waals surface area contributed by atoms with Gasteiger partial charge in [0.2, 0.25) is 0 Å². The van der Waals surface area contributed by atoms with Gasteiger partial charge in [-0.1, -0.05) is 21.6 Å². The molecule has 0 radical (unpaired) electrons. The lowest BCUT2D eigenvalue weighted by Crippen LogP contribution is -2.41. The Morgan fingerprint density at radius 3 is 1.11 bits per heavy atom. The Hall–Kier alpha value is -2.95. The van der Waals surface area contributed by atoms with Crippen molar-refractivity contribution >= 4 is 57.2 Å². The highest BCUT2D eigenvalue weighted by Crippen LogP contribution is 2.20. The van der Waals surface area contributed by atoms with Gasteiger partial charge in [0.25, 0.3) is 0 Å². The van der Waals surface area contributed by atoms with Crippen molar-refractivity contribution in [3.8, 4) is 0 Å². The average Bonchev–Trinajstić information content (AvgIpc) is 3.07. The van der Waals surface area contributed by atoms with E-state index in [1.165, 1.54) is 24.3 Å². The first-order valence-corrected chi connectivity index (χ1v) is 18.9. The number of esters is 4. The fourth-order valence-electron chi connectivity index (χ4n) is 3.85. The molecule has 0 spiro atoms. The predicted octanol–water partition coefficient (Wildman–Crippen LogP) is 1.84. The van der Waals surface area contributed by atoms with Gasteiger partial charge >= 0.3 is 23.9 Å². The van der Waals surface area contributed by atoms with Gasteiger partial charge in [-0.15, -0.1) is 0 Å². The second kappa shape index (κ2) is 25.2. The molecule has 0 bridgehead atoms. The van der Waals surface area contributed by atoms with Gasteiger partial charge < -0.3 is 43.3 Å². The summed E-state index contributed by atoms with van der Waals surface area (Å²) in [5, 5.41) is 0. The van der Waals surface area contributed by atoms with E-state index in [1.54, 1.807) is 65.3 Å². The summed E-state index contributed by atoms with van der Waals surface area (Å²) >= 11 is 1.63. The van der Waals surface area contributed by atoms with Crippen LogP contribution in [0.25, 0.3) is 0 Å². The van der Waals surface area contributed by atoms with Crippen molar-refractivity contribution in [3.05, 3.63) is 49.1 Å². The number of carbonyl (C=O) groups is 4. The monoisotopic (exact) mass is 702 g/mol. The summed E-state index contributed by atoms with van der Waals surface area (Å²) in [5.74, 6) is 0.504. The van der Waals surface area contributed by atoms with E-state index in [0.717, 1.165) is 45.0 Å². The molecule has 0 aromatic heterocycles. The molecule has 258 valence electrons. The highest BCUT2D eigenvalue weighted by Gasteiger charge is 2.13. The van der Waals surface area contributed by atoms with Crippen LogP contribution >= 0.6 is 33.3 Å². The minimum absolute atomic E-state index is 0.226. The smallest absolute Gasteiger partial charge is 0.332 e. The van der Waals surface area contributed by atoms with Crippen molar-refractivity contribution in [2.75, 3.05) is 116 Å². The van der Waals surface area contributed by atoms with Crippen molar-refractivity contribution < 1.29 is 42.9 Å². The Morgan fingerprint density at radius 2 is 0.804 bits per heavy atom. The summed E-state index contributed by atoms with van der Waals surface area (Å²) in [7, 11) is 4.64. The Kier molecular flexibility index (Phi) is 21.5. The summed E-state index contributed by atoms with van der Waals surface area (Å²) in [5.41, 5.74) is 0. The molecule has 2 aliphatic heterocycles. The molecule has 0 aliphatic carbocycles. The molecule has 2 heterocycles. The second-order valence-electron chi connectivity index (χ2n) is 9.71. The number of rotatable bonds is 21. The first-order valence-electron chi connectivity index (χ1n) is 15.0. The van der Waals surface area contributed by atoms with Crippen LogP contribution in [0.3, 0.4) is 0 Å². The quantitative estimate of drug-likeness (QED) is 0.0567. The van der Waals surface area contributed by atoms with Crippen molar-refractivity contribution in [2.45, 2.75) is 0 Å². The van der Waals surface area contributed by atoms with Gasteiger partial charge in [0.05, 0.1) is 6.61 Å². The lowest BCUT2D eigenvalue weighted by molar-refractivity contribution is -0.139. The first kappa shape index (κ1) is 39.2. The minimum Gasteiger partial charge on any atom is -0.462 e. The molecule has 46 heavy (non-hydrogen) atoms. The van der Waals surface area contributed by atoms with Crippen molar-refractivity contribution in [1.29, 1.82) is 0 Å². The van der Waals surface area contributed by atoms with Crippen LogP contribution in [0.4, 0.5) is 0 Å². The van der Waals surface area contributed by atoms with Gasteiger partial charge in [-0.2, -0.15) is 11.8 Å². The zero-order valence-electron chi connectivity index (χ0n) is 26.6. The van der Waals surface area contributed by atoms with E-state index in [2.05, 4.69) is 0 Å². The first-order chi connectivity index (χ1) is 22.4. The summed E-state index contributed by atoms with van der Waals surface area (Å²) in [6.07, 6.45) is 14.6. The van der Waals surface area contributed by atoms with Gasteiger partial charge in [0.15, 0.2) is 0 Å². The third kappa shape index (κ3) is 19.5. The van der Waals surface area contributed by atoms with Gasteiger partial charge in [0.1, 0.15) is 26.4 Å². The Balaban J connectivity index is 1.44. The third-order valence-corrected chi connectivity index (χ3v) is 9.26. The second-order valence-corrected chi connectivity index (χ2v) is 13.4. The summed E-state index contributed by atoms with van der Waals surface area (Å²) in [4.78, 5) is 55.4. The van der Waals surface area contributed by atoms with Crippen molar-refractivity contribution in [2.24, 2.45) is 0 Å². The fourth-order valence-corrected chi connectivity index (χ4v) is 5.75. The van der Waals surface area contributed by atoms with E-state index in [1.807, 2.05) is 25.9 Å². The number of hydrogen-bond donors (Lipinski definition) is 0. The molecule has 2 fully saturated rings. The maximum Gasteiger partial charge on any atom is 0.332 e. The van der Waals surface area contributed by atoms with Gasteiger partial charge in [-0.05, 0) is 6.26 Å². The van der Waals surface area contributed by atoms with Crippen LogP contribution in [0.1, 0.15) is 0 Å². The van der Waals surface area contributed by atoms with Gasteiger partial charge in [-0.25, -0.2) is 19.2 Å². The summed E-state index contributed by atoms with van der Waals surface area (Å²) in [6, 6.07) is 0. The maximum atomic E-state index is 12.0. The van der Waals surface area contributed by atoms with E-state index >= 15 is 0 Å². The van der Waals surface area contributed by atoms with Crippen LogP contribution in [-0.4, -0.2) is 159 Å². The van der Waals surface area contributed by atoms with Crippen molar-refractivity contribution in [1.82, 2.24) is 19.6 Å². The SMILES string of the molecule is COCCOC(=O)/C=C/N1CCN(/C=C/C(=O)OCCSSCCOC(=O)/C=C/N2CCN(/C=C/C(=O)OCCSC)CC2)CC1. The molecule has 0 saturated carbocycles. The third-order valence-electron chi connectivity index (χ3n) is 6.35. The molecule has 2 aliphatic rings. The Bertz CT molecular complexity index is 949. The number of hydrogen-bond acceptors (Lipinski definition) is 16. The molecular weight excluding hydrogens is 657 g/mol. The predicted molar refractivity (Wildman–Crippen MR) is 182 cm³/mol. The highest BCUT2D eigenvalue weighted by atomic mass is 33.1. The molecule has 0 aromatic carbocycles. The molecular formula is C30H46N4O9S3. The molecule has 0 amide bonds. The molecule has 0 atom stereocenters. The van der Waals surface area contributed by atoms with Crippen LogP contribution < -0.4 is 0 Å². The van der Waals surface area contributed by atoms with Crippen LogP contribution in [0.15, 0.2) is 49.1 Å². The number of piperazine rings is 2. The Labute approximate surface area is 284 Å². The van der Waals surface area contributed by atoms with Crippen LogP contribution in [0.5, 0.6) is 0 Å². The Morgan fingerprint density at radius 1 is 0.500 bits per heavy atom. The summed E-state index contributed by atoms with van der Waals surface area (Å²) in [6.45, 7) is 7.38. The normalized spacial score (nSPS) is 15.8. The van der Waals surface area contributed by atoms with Crippen LogP contribution in [-0.2, 0) is 42.9 Å². The van der Waals surface area contributed by atoms with E-state index in [0.29, 0.717) is 37.8 Å². The highest BCUT2D eigenvalue weighted by molar-refractivity contribution is 8.76. The van der Waals surface area contributed by atoms with Gasteiger partial charge in [-0.3, -0.25) is 0 Å². The number of carbonyl (C=O) groups excluding carboxylic acids is 4. The fraction of sp³-hybridized carbons (Fsp3) is 0.600. The molecule has 0 unspecified atom stereocenters. The van der Waals surface area contributed by atoms with Crippen molar-refractivity contribution in [3.63, 3.8) is 0 Å². The van der Waals surface area contributed by atoms with E-state index in [9.17, 15) is 19.2 Å². The van der Waals surface area contributed by atoms with Crippen LogP contribution in [0, 0.1) is 0 Å². The summed E-state index contributed by atoms with van der Waals surface area (Å²) < 4.78 is 25.4. The zero-order valence-corrected chi connectivity index (χ0v) is 29.1. The zero-order chi connectivity index (χ0) is 33.2. The van der Waals surface area contributed by atoms with E-state index in [4.69, 9.17) is 23.7 Å². The van der Waals surface area contributed by atoms with E-state index in [-0.39, 0.29) is 25.8 Å². The van der Waals surface area contributed by atoms with Crippen LogP contribution in [0.2, 0.25) is 0 Å². The number of nitrogens with zero attached hydrogens (tertiary/aromatic N) is 4. The number of methoxy groups -OCH3 is 1. The molecule has 0 aromatic rings. The van der Waals surface area contributed by atoms with E-state index < -0.39 is 17.9 Å². The lowest BCUT2D eigenvalue weighted by atomic mass is 10.3. The standard InChI is InChI=1S/C30H46N4O9S3/c1-39-19-20-40-27(35)3-7-31-11-13-33(14-12-31)9-5-29(37)42-22-25-45-46-26-23-43-30(38)6-10-34-17-15-32(16-18-34)8-4-28(36)41-21-24-44-2/h3-10H,11-26H2,1-2H3/b7-3+,8-4+,9-5+,10-6+. The number of ether oxygens (including phenoxy) is 5. The molecule has 2 rings (SSSR count).